The summed E-state index contributed by atoms with van der Waals surface area (Å²) in [5.41, 5.74) is 1.03. The minimum Gasteiger partial charge on any atom is -0.497 e. The standard InChI is InChI=1S/C19H29NO3/c1-4-20(16-8-6-5-7-9-16)19(21)13-10-15-14-17(22-2)11-12-18(15)23-3/h11-12,14,16H,4-10,13H2,1-3H3. The summed E-state index contributed by atoms with van der Waals surface area (Å²) < 4.78 is 10.7. The van der Waals surface area contributed by atoms with Crippen molar-refractivity contribution in [1.29, 1.82) is 0 Å². The number of hydrogen-bond acceptors (Lipinski definition) is 3. The third-order valence-electron chi connectivity index (χ3n) is 4.77. The van der Waals surface area contributed by atoms with Gasteiger partial charge in [0.25, 0.3) is 0 Å². The van der Waals surface area contributed by atoms with Crippen molar-refractivity contribution in [2.45, 2.75) is 57.9 Å². The van der Waals surface area contributed by atoms with Crippen LogP contribution in [0.1, 0.15) is 51.0 Å². The lowest BCUT2D eigenvalue weighted by molar-refractivity contribution is -0.133. The molecule has 4 heteroatoms. The molecule has 1 fully saturated rings. The second kappa shape index (κ2) is 8.80. The van der Waals surface area contributed by atoms with Crippen LogP contribution >= 0.6 is 0 Å². The molecule has 0 N–H and O–H groups in total. The highest BCUT2D eigenvalue weighted by molar-refractivity contribution is 5.77. The Balaban J connectivity index is 1.99. The Hall–Kier alpha value is -1.71. The number of benzene rings is 1. The van der Waals surface area contributed by atoms with E-state index in [-0.39, 0.29) is 5.91 Å². The van der Waals surface area contributed by atoms with Crippen LogP contribution in [0.15, 0.2) is 18.2 Å². The molecule has 4 nitrogen and oxygen atoms in total. The summed E-state index contributed by atoms with van der Waals surface area (Å²) in [6.45, 7) is 2.89. The van der Waals surface area contributed by atoms with Gasteiger partial charge in [0.15, 0.2) is 0 Å². The fourth-order valence-corrected chi connectivity index (χ4v) is 3.49. The van der Waals surface area contributed by atoms with Crippen molar-refractivity contribution in [2.24, 2.45) is 0 Å². The van der Waals surface area contributed by atoms with Crippen molar-refractivity contribution in [1.82, 2.24) is 4.90 Å². The first-order valence-corrected chi connectivity index (χ1v) is 8.70. The third-order valence-corrected chi connectivity index (χ3v) is 4.77. The highest BCUT2D eigenvalue weighted by Crippen LogP contribution is 2.27. The summed E-state index contributed by atoms with van der Waals surface area (Å²) in [5.74, 6) is 1.87. The topological polar surface area (TPSA) is 38.8 Å². The van der Waals surface area contributed by atoms with Crippen LogP contribution in [0.3, 0.4) is 0 Å². The number of nitrogens with zero attached hydrogens (tertiary/aromatic N) is 1. The van der Waals surface area contributed by atoms with Crippen molar-refractivity contribution in [3.05, 3.63) is 23.8 Å². The van der Waals surface area contributed by atoms with Crippen LogP contribution in [-0.4, -0.2) is 37.6 Å². The number of methoxy groups -OCH3 is 2. The summed E-state index contributed by atoms with van der Waals surface area (Å²) in [5, 5.41) is 0. The van der Waals surface area contributed by atoms with E-state index in [0.717, 1.165) is 36.4 Å². The van der Waals surface area contributed by atoms with Gasteiger partial charge < -0.3 is 14.4 Å². The maximum absolute atomic E-state index is 12.7. The van der Waals surface area contributed by atoms with E-state index in [9.17, 15) is 4.79 Å². The molecule has 1 saturated carbocycles. The molecule has 0 heterocycles. The number of carbonyl (C=O) groups excluding carboxylic acids is 1. The van der Waals surface area contributed by atoms with E-state index in [1.165, 1.54) is 19.3 Å². The maximum Gasteiger partial charge on any atom is 0.223 e. The summed E-state index contributed by atoms with van der Waals surface area (Å²) in [6, 6.07) is 6.18. The molecule has 0 radical (unpaired) electrons. The van der Waals surface area contributed by atoms with Gasteiger partial charge in [-0.2, -0.15) is 0 Å². The predicted molar refractivity (Wildman–Crippen MR) is 92.1 cm³/mol. The minimum absolute atomic E-state index is 0.254. The number of carbonyl (C=O) groups is 1. The van der Waals surface area contributed by atoms with Crippen molar-refractivity contribution < 1.29 is 14.3 Å². The molecule has 1 aromatic carbocycles. The van der Waals surface area contributed by atoms with Crippen molar-refractivity contribution >= 4 is 5.91 Å². The minimum atomic E-state index is 0.254. The molecule has 0 spiro atoms. The third kappa shape index (κ3) is 4.63. The quantitative estimate of drug-likeness (QED) is 0.767. The van der Waals surface area contributed by atoms with Gasteiger partial charge in [0.1, 0.15) is 11.5 Å². The van der Waals surface area contributed by atoms with E-state index >= 15 is 0 Å². The Morgan fingerprint density at radius 2 is 1.91 bits per heavy atom. The van der Waals surface area contributed by atoms with Crippen molar-refractivity contribution in [3.8, 4) is 11.5 Å². The average molecular weight is 319 g/mol. The summed E-state index contributed by atoms with van der Waals surface area (Å²) in [6.07, 6.45) is 7.32. The molecular formula is C19H29NO3. The molecule has 0 saturated heterocycles. The van der Waals surface area contributed by atoms with E-state index in [2.05, 4.69) is 11.8 Å². The normalized spacial score (nSPS) is 15.3. The second-order valence-electron chi connectivity index (χ2n) is 6.15. The molecule has 0 aromatic heterocycles. The Morgan fingerprint density at radius 3 is 2.52 bits per heavy atom. The first kappa shape index (κ1) is 17.6. The lowest BCUT2D eigenvalue weighted by Gasteiger charge is -2.33. The second-order valence-corrected chi connectivity index (χ2v) is 6.15. The number of rotatable bonds is 7. The number of amides is 1. The zero-order valence-corrected chi connectivity index (χ0v) is 14.6. The Kier molecular flexibility index (Phi) is 6.75. The van der Waals surface area contributed by atoms with Gasteiger partial charge >= 0.3 is 0 Å². The number of hydrogen-bond donors (Lipinski definition) is 0. The number of ether oxygens (including phenoxy) is 2. The molecule has 0 atom stereocenters. The highest BCUT2D eigenvalue weighted by atomic mass is 16.5. The molecule has 0 bridgehead atoms. The van der Waals surface area contributed by atoms with E-state index < -0.39 is 0 Å². The molecule has 1 aliphatic carbocycles. The zero-order valence-electron chi connectivity index (χ0n) is 14.6. The predicted octanol–water partition coefficient (Wildman–Crippen LogP) is 3.82. The summed E-state index contributed by atoms with van der Waals surface area (Å²) in [4.78, 5) is 14.7. The fraction of sp³-hybridized carbons (Fsp3) is 0.632. The Bertz CT molecular complexity index is 509. The van der Waals surface area contributed by atoms with E-state index in [1.807, 2.05) is 18.2 Å². The van der Waals surface area contributed by atoms with Crippen LogP contribution in [0, 0.1) is 0 Å². The maximum atomic E-state index is 12.7. The van der Waals surface area contributed by atoms with Gasteiger partial charge in [-0.15, -0.1) is 0 Å². The van der Waals surface area contributed by atoms with Gasteiger partial charge in [0.05, 0.1) is 14.2 Å². The van der Waals surface area contributed by atoms with E-state index in [1.54, 1.807) is 14.2 Å². The lowest BCUT2D eigenvalue weighted by atomic mass is 9.93. The summed E-state index contributed by atoms with van der Waals surface area (Å²) in [7, 11) is 3.31. The van der Waals surface area contributed by atoms with Crippen LogP contribution < -0.4 is 9.47 Å². The van der Waals surface area contributed by atoms with Gasteiger partial charge in [0.2, 0.25) is 5.91 Å². The molecule has 2 rings (SSSR count). The van der Waals surface area contributed by atoms with Gasteiger partial charge in [-0.3, -0.25) is 4.79 Å². The molecular weight excluding hydrogens is 290 g/mol. The van der Waals surface area contributed by atoms with Crippen LogP contribution in [0.4, 0.5) is 0 Å². The molecule has 1 aliphatic rings. The first-order valence-electron chi connectivity index (χ1n) is 8.70. The average Bonchev–Trinajstić information content (AvgIpc) is 2.61. The molecule has 1 aromatic rings. The molecule has 128 valence electrons. The summed E-state index contributed by atoms with van der Waals surface area (Å²) >= 11 is 0. The SMILES string of the molecule is CCN(C(=O)CCc1cc(OC)ccc1OC)C1CCCCC1. The van der Waals surface area contributed by atoms with Crippen molar-refractivity contribution in [2.75, 3.05) is 20.8 Å². The van der Waals surface area contributed by atoms with Crippen LogP contribution in [0.25, 0.3) is 0 Å². The zero-order chi connectivity index (χ0) is 16.7. The van der Waals surface area contributed by atoms with E-state index in [4.69, 9.17) is 9.47 Å². The lowest BCUT2D eigenvalue weighted by Crippen LogP contribution is -2.41. The van der Waals surface area contributed by atoms with Crippen LogP contribution in [0.5, 0.6) is 11.5 Å². The van der Waals surface area contributed by atoms with Gasteiger partial charge in [-0.05, 0) is 49.9 Å². The molecule has 0 aliphatic heterocycles. The first-order chi connectivity index (χ1) is 11.2. The van der Waals surface area contributed by atoms with Gasteiger partial charge in [0, 0.05) is 19.0 Å². The Morgan fingerprint density at radius 1 is 1.17 bits per heavy atom. The highest BCUT2D eigenvalue weighted by Gasteiger charge is 2.24. The van der Waals surface area contributed by atoms with Crippen molar-refractivity contribution in [3.63, 3.8) is 0 Å². The van der Waals surface area contributed by atoms with Gasteiger partial charge in [-0.25, -0.2) is 0 Å². The Labute approximate surface area is 139 Å². The van der Waals surface area contributed by atoms with Crippen LogP contribution in [0.2, 0.25) is 0 Å². The molecule has 23 heavy (non-hydrogen) atoms. The molecule has 1 amide bonds. The monoisotopic (exact) mass is 319 g/mol. The largest absolute Gasteiger partial charge is 0.497 e. The molecule has 0 unspecified atom stereocenters. The van der Waals surface area contributed by atoms with Gasteiger partial charge in [-0.1, -0.05) is 19.3 Å². The fourth-order valence-electron chi connectivity index (χ4n) is 3.49. The smallest absolute Gasteiger partial charge is 0.223 e. The van der Waals surface area contributed by atoms with Crippen LogP contribution in [-0.2, 0) is 11.2 Å². The number of aryl methyl sites for hydroxylation is 1. The van der Waals surface area contributed by atoms with E-state index in [0.29, 0.717) is 18.9 Å².